The molecule has 3 N–H and O–H groups in total. The zero-order valence-electron chi connectivity index (χ0n) is 60.6. The second-order valence-corrected chi connectivity index (χ2v) is 29.2. The summed E-state index contributed by atoms with van der Waals surface area (Å²) in [6.07, 6.45) is -1.76. The molecule has 3 heterocycles. The monoisotopic (exact) mass is 1460 g/mol. The Morgan fingerprint density at radius 3 is 1.84 bits per heavy atom. The van der Waals surface area contributed by atoms with Gasteiger partial charge in [-0.2, -0.15) is 13.2 Å². The fourth-order valence-corrected chi connectivity index (χ4v) is 15.0. The lowest BCUT2D eigenvalue weighted by Gasteiger charge is -2.43. The number of fused-ring (bicyclic) bond motifs is 1. The van der Waals surface area contributed by atoms with Gasteiger partial charge in [-0.1, -0.05) is 113 Å². The van der Waals surface area contributed by atoms with Crippen molar-refractivity contribution in [2.45, 2.75) is 210 Å². The number of hydrogen-bond acceptors (Lipinski definition) is 12. The third kappa shape index (κ3) is 19.8. The third-order valence-electron chi connectivity index (χ3n) is 21.3. The number of benzene rings is 2. The van der Waals surface area contributed by atoms with Gasteiger partial charge in [0, 0.05) is 75.3 Å². The Bertz CT molecular complexity index is 3400. The maximum absolute atomic E-state index is 16.2. The number of alkyl halides is 5. The normalized spacial score (nSPS) is 25.9. The smallest absolute Gasteiger partial charge is 0.343 e. The van der Waals surface area contributed by atoms with E-state index in [0.29, 0.717) is 87.8 Å². The molecule has 1 spiro atoms. The molecule has 2 aromatic carbocycles. The van der Waals surface area contributed by atoms with Crippen molar-refractivity contribution in [2.75, 3.05) is 88.6 Å². The lowest BCUT2D eigenvalue weighted by atomic mass is 9.81. The Morgan fingerprint density at radius 1 is 0.647 bits per heavy atom. The first-order valence-corrected chi connectivity index (χ1v) is 35.9. The van der Waals surface area contributed by atoms with Crippen molar-refractivity contribution in [1.82, 2.24) is 60.0 Å². The molecule has 102 heavy (non-hydrogen) atoms. The van der Waals surface area contributed by atoms with Crippen molar-refractivity contribution in [3.63, 3.8) is 0 Å². The Labute approximate surface area is 599 Å². The van der Waals surface area contributed by atoms with E-state index in [-0.39, 0.29) is 37.7 Å². The molecule has 5 fully saturated rings. The first kappa shape index (κ1) is 81.3. The highest BCUT2D eigenvalue weighted by molar-refractivity contribution is 6.31. The molecule has 30 heteroatoms. The summed E-state index contributed by atoms with van der Waals surface area (Å²) in [5, 5.41) is 7.46. The number of nitrogens with one attached hydrogen (secondary N) is 3. The SMILES string of the molecule is CCC[C@H]1C(=O)N[C@@H]([C@@H](C)CC)C(=O)N(C)CC(=O)N(C)CC(=O)N(C)[C@@H](Cc2ccc(C)cc2)C(=O)N(C)CC(=O)N[C@@H](CCc2ccc(C(F)(F)F)c(Cl)c2)C(=O)N2CC(F)(F)CC2C(=O)NC2(CCCC2)C(=O)N(C)[C@@H](C2CCCCC2)C(=O)N(C)[C@H](C(=O)N2CCCC2)CC(=O)N1C. The lowest BCUT2D eigenvalue weighted by molar-refractivity contribution is -0.156. The Balaban J connectivity index is 1.31. The van der Waals surface area contributed by atoms with Crippen molar-refractivity contribution in [3.05, 3.63) is 69.7 Å². The molecular weight excluding hydrogens is 1360 g/mol. The van der Waals surface area contributed by atoms with Crippen LogP contribution in [-0.4, -0.2) is 257 Å². The molecule has 3 saturated heterocycles. The highest BCUT2D eigenvalue weighted by Crippen LogP contribution is 2.40. The molecule has 0 aromatic heterocycles. The minimum absolute atomic E-state index is 0.0279. The molecule has 1 unspecified atom stereocenters. The van der Waals surface area contributed by atoms with Gasteiger partial charge in [-0.15, -0.1) is 0 Å². The van der Waals surface area contributed by atoms with E-state index < -0.39 is 199 Å². The number of rotatable bonds is 11. The number of hydrogen-bond donors (Lipinski definition) is 3. The second kappa shape index (κ2) is 35.0. The zero-order chi connectivity index (χ0) is 75.5. The van der Waals surface area contributed by atoms with Crippen molar-refractivity contribution in [2.24, 2.45) is 11.8 Å². The van der Waals surface area contributed by atoms with Crippen LogP contribution in [0.5, 0.6) is 0 Å². The topological polar surface area (TPSA) is 270 Å². The molecule has 5 aliphatic rings. The van der Waals surface area contributed by atoms with Crippen LogP contribution in [-0.2, 0) is 76.6 Å². The molecule has 2 aliphatic carbocycles. The zero-order valence-corrected chi connectivity index (χ0v) is 61.4. The van der Waals surface area contributed by atoms with Crippen LogP contribution >= 0.6 is 11.6 Å². The maximum Gasteiger partial charge on any atom is 0.417 e. The number of nitrogens with zero attached hydrogens (tertiary/aromatic N) is 9. The number of carbonyl (C=O) groups excluding carboxylic acids is 12. The molecule has 2 saturated carbocycles. The van der Waals surface area contributed by atoms with Crippen LogP contribution in [0, 0.1) is 18.8 Å². The number of carbonyl (C=O) groups is 12. The summed E-state index contributed by atoms with van der Waals surface area (Å²) in [6, 6.07) is -0.610. The van der Waals surface area contributed by atoms with Crippen molar-refractivity contribution < 1.29 is 79.5 Å². The summed E-state index contributed by atoms with van der Waals surface area (Å²) in [5.74, 6) is -14.6. The molecule has 8 atom stereocenters. The molecule has 564 valence electrons. The van der Waals surface area contributed by atoms with Crippen LogP contribution < -0.4 is 16.0 Å². The van der Waals surface area contributed by atoms with E-state index in [0.717, 1.165) is 49.8 Å². The first-order valence-electron chi connectivity index (χ1n) is 35.5. The van der Waals surface area contributed by atoms with Gasteiger partial charge in [0.1, 0.15) is 47.8 Å². The van der Waals surface area contributed by atoms with E-state index in [1.165, 1.54) is 64.0 Å². The highest BCUT2D eigenvalue weighted by Gasteiger charge is 2.55. The summed E-state index contributed by atoms with van der Waals surface area (Å²) >= 11 is 6.10. The largest absolute Gasteiger partial charge is 0.417 e. The fraction of sp³-hybridized carbons (Fsp3) is 0.667. The van der Waals surface area contributed by atoms with Gasteiger partial charge in [0.2, 0.25) is 70.9 Å². The predicted octanol–water partition coefficient (Wildman–Crippen LogP) is 5.61. The van der Waals surface area contributed by atoms with Crippen LogP contribution in [0.4, 0.5) is 22.0 Å². The molecule has 12 amide bonds. The van der Waals surface area contributed by atoms with Gasteiger partial charge in [0.15, 0.2) is 0 Å². The van der Waals surface area contributed by atoms with Crippen LogP contribution in [0.15, 0.2) is 42.5 Å². The molecule has 0 radical (unpaired) electrons. The standard InChI is InChI=1S/C72H102ClF5N12O12/c1-12-21-52-62(95)80-60(45(4)13-2)67(100)84(7)41-58(93)82(5)42-59(94)86(9)53(37-47-26-24-44(3)25-27-47)65(98)83(6)40-56(91)79-51(31-29-46-28-30-49(50(73)36-46)72(76,77)78)64(97)90-43-71(74,75)39-55(90)63(96)81-70(32-17-18-33-70)69(102)88(11)61(48-22-15-14-16-23-48)68(101)87(10)54(38-57(92)85(52)8)66(99)89-34-19-20-35-89/h24-28,30,36,45,48,51-55,60-61H,12-23,29,31-35,37-43H2,1-11H3,(H,79,91)(H,80,95)(H,81,96)/t45-,51-,52-,53-,54-,55?,60-,61-/m0/s1. The highest BCUT2D eigenvalue weighted by atomic mass is 35.5. The minimum atomic E-state index is -4.85. The number of amides is 12. The van der Waals surface area contributed by atoms with Crippen LogP contribution in [0.25, 0.3) is 0 Å². The van der Waals surface area contributed by atoms with E-state index in [1.54, 1.807) is 49.9 Å². The molecule has 24 nitrogen and oxygen atoms in total. The number of likely N-dealkylation sites (N-methyl/N-ethyl adjacent to an activating group) is 7. The summed E-state index contributed by atoms with van der Waals surface area (Å²) < 4.78 is 74.0. The van der Waals surface area contributed by atoms with Gasteiger partial charge in [0.05, 0.1) is 43.2 Å². The Hall–Kier alpha value is -7.98. The Kier molecular flexibility index (Phi) is 27.9. The van der Waals surface area contributed by atoms with Crippen molar-refractivity contribution in [1.29, 1.82) is 0 Å². The minimum Gasteiger partial charge on any atom is -0.343 e. The van der Waals surface area contributed by atoms with Gasteiger partial charge in [-0.05, 0) is 99.8 Å². The number of likely N-dealkylation sites (tertiary alicyclic amines) is 1. The van der Waals surface area contributed by atoms with Gasteiger partial charge < -0.3 is 60.0 Å². The first-order chi connectivity index (χ1) is 47.9. The summed E-state index contributed by atoms with van der Waals surface area (Å²) in [4.78, 5) is 188. The molecule has 2 aromatic rings. The van der Waals surface area contributed by atoms with Gasteiger partial charge >= 0.3 is 6.18 Å². The van der Waals surface area contributed by atoms with Crippen molar-refractivity contribution in [3.8, 4) is 0 Å². The summed E-state index contributed by atoms with van der Waals surface area (Å²) in [6.45, 7) is 4.40. The van der Waals surface area contributed by atoms with E-state index in [9.17, 15) is 51.5 Å². The average molecular weight is 1460 g/mol. The molecular formula is C72H102ClF5N12O12. The lowest BCUT2D eigenvalue weighted by Crippen LogP contribution is -2.65. The van der Waals surface area contributed by atoms with Gasteiger partial charge in [0.25, 0.3) is 5.92 Å². The number of aryl methyl sites for hydroxylation is 2. The molecule has 0 bridgehead atoms. The average Bonchev–Trinajstić information content (AvgIpc) is 1.48. The van der Waals surface area contributed by atoms with E-state index in [1.807, 2.05) is 6.92 Å². The fourth-order valence-electron chi connectivity index (χ4n) is 14.7. The van der Waals surface area contributed by atoms with Gasteiger partial charge in [-0.25, -0.2) is 8.78 Å². The maximum atomic E-state index is 16.2. The molecule has 7 rings (SSSR count). The molecule has 3 aliphatic heterocycles. The van der Waals surface area contributed by atoms with E-state index in [2.05, 4.69) is 16.0 Å². The van der Waals surface area contributed by atoms with E-state index >= 15 is 28.0 Å². The predicted molar refractivity (Wildman–Crippen MR) is 368 cm³/mol. The van der Waals surface area contributed by atoms with Crippen LogP contribution in [0.1, 0.15) is 152 Å². The Morgan fingerprint density at radius 2 is 1.25 bits per heavy atom. The van der Waals surface area contributed by atoms with Crippen molar-refractivity contribution >= 4 is 82.5 Å². The van der Waals surface area contributed by atoms with Crippen LogP contribution in [0.2, 0.25) is 5.02 Å². The quantitative estimate of drug-likeness (QED) is 0.232. The second-order valence-electron chi connectivity index (χ2n) is 28.8. The van der Waals surface area contributed by atoms with Crippen LogP contribution in [0.3, 0.4) is 0 Å². The van der Waals surface area contributed by atoms with E-state index in [4.69, 9.17) is 11.6 Å². The third-order valence-corrected chi connectivity index (χ3v) is 21.6. The number of halogens is 6. The van der Waals surface area contributed by atoms with Gasteiger partial charge in [-0.3, -0.25) is 57.5 Å². The summed E-state index contributed by atoms with van der Waals surface area (Å²) in [7, 11) is 9.37. The summed E-state index contributed by atoms with van der Waals surface area (Å²) in [5.41, 5.74) is -1.43.